The maximum atomic E-state index is 8.51. The van der Waals surface area contributed by atoms with Crippen LogP contribution in [0.1, 0.15) is 38.8 Å². The molecule has 5 N–H and O–H groups in total. The van der Waals surface area contributed by atoms with Crippen LogP contribution in [-0.4, -0.2) is 55.1 Å². The first kappa shape index (κ1) is 23.0. The third-order valence-corrected chi connectivity index (χ3v) is 5.34. The van der Waals surface area contributed by atoms with Crippen molar-refractivity contribution in [1.29, 1.82) is 5.41 Å². The second kappa shape index (κ2) is 12.2. The van der Waals surface area contributed by atoms with Crippen LogP contribution >= 0.6 is 0 Å². The Kier molecular flexibility index (Phi) is 9.05. The van der Waals surface area contributed by atoms with Gasteiger partial charge in [-0.05, 0) is 57.3 Å². The Morgan fingerprint density at radius 1 is 1.13 bits per heavy atom. The third kappa shape index (κ3) is 6.90. The molecule has 2 heterocycles. The summed E-state index contributed by atoms with van der Waals surface area (Å²) in [5, 5.41) is 22.1. The monoisotopic (exact) mass is 425 g/mol. The summed E-state index contributed by atoms with van der Waals surface area (Å²) in [7, 11) is 0. The lowest BCUT2D eigenvalue weighted by atomic mass is 9.98. The second-order valence-corrected chi connectivity index (χ2v) is 7.64. The van der Waals surface area contributed by atoms with E-state index in [0.29, 0.717) is 55.3 Å². The van der Waals surface area contributed by atoms with Gasteiger partial charge in [0, 0.05) is 25.4 Å². The molecule has 8 heteroatoms. The van der Waals surface area contributed by atoms with Crippen molar-refractivity contribution in [3.05, 3.63) is 36.0 Å². The van der Waals surface area contributed by atoms with Crippen LogP contribution in [0.2, 0.25) is 0 Å². The summed E-state index contributed by atoms with van der Waals surface area (Å²) in [4.78, 5) is 9.50. The first-order valence-corrected chi connectivity index (χ1v) is 11.3. The van der Waals surface area contributed by atoms with E-state index in [1.165, 1.54) is 0 Å². The fourth-order valence-electron chi connectivity index (χ4n) is 3.56. The average Bonchev–Trinajstić information content (AvgIpc) is 2.82. The van der Waals surface area contributed by atoms with Gasteiger partial charge in [0.1, 0.15) is 11.4 Å². The van der Waals surface area contributed by atoms with Crippen LogP contribution in [0.4, 0.5) is 23.1 Å². The zero-order valence-electron chi connectivity index (χ0n) is 18.6. The number of rotatable bonds is 12. The molecule has 1 aromatic carbocycles. The lowest BCUT2D eigenvalue weighted by Gasteiger charge is -2.23. The molecule has 0 bridgehead atoms. The Morgan fingerprint density at radius 2 is 1.90 bits per heavy atom. The molecule has 1 fully saturated rings. The number of para-hydroxylation sites is 1. The SMILES string of the molecule is CCOCCNc1c(Nc2ccccc2)nc(NCC2CCNCC2)nc1C(=N)CC. The summed E-state index contributed by atoms with van der Waals surface area (Å²) >= 11 is 0. The fraction of sp³-hybridized carbons (Fsp3) is 0.522. The van der Waals surface area contributed by atoms with Crippen LogP contribution in [0.25, 0.3) is 0 Å². The minimum absolute atomic E-state index is 0.474. The maximum Gasteiger partial charge on any atom is 0.225 e. The van der Waals surface area contributed by atoms with E-state index in [1.807, 2.05) is 44.2 Å². The highest BCUT2D eigenvalue weighted by atomic mass is 16.5. The number of nitrogens with one attached hydrogen (secondary N) is 5. The zero-order chi connectivity index (χ0) is 21.9. The largest absolute Gasteiger partial charge is 0.380 e. The smallest absolute Gasteiger partial charge is 0.225 e. The van der Waals surface area contributed by atoms with Crippen molar-refractivity contribution in [3.63, 3.8) is 0 Å². The van der Waals surface area contributed by atoms with Crippen molar-refractivity contribution in [2.24, 2.45) is 5.92 Å². The summed E-state index contributed by atoms with van der Waals surface area (Å²) in [6.45, 7) is 8.77. The van der Waals surface area contributed by atoms with E-state index < -0.39 is 0 Å². The van der Waals surface area contributed by atoms with Gasteiger partial charge in [-0.2, -0.15) is 4.98 Å². The second-order valence-electron chi connectivity index (χ2n) is 7.64. The topological polar surface area (TPSA) is 107 Å². The molecule has 0 spiro atoms. The molecule has 0 atom stereocenters. The average molecular weight is 426 g/mol. The predicted molar refractivity (Wildman–Crippen MR) is 128 cm³/mol. The Balaban J connectivity index is 1.88. The van der Waals surface area contributed by atoms with Crippen LogP contribution in [0.5, 0.6) is 0 Å². The molecule has 3 rings (SSSR count). The molecule has 1 aliphatic heterocycles. The van der Waals surface area contributed by atoms with Crippen LogP contribution in [0.3, 0.4) is 0 Å². The predicted octanol–water partition coefficient (Wildman–Crippen LogP) is 3.86. The number of anilines is 4. The number of hydrogen-bond donors (Lipinski definition) is 5. The normalized spacial score (nSPS) is 14.3. The van der Waals surface area contributed by atoms with E-state index >= 15 is 0 Å². The maximum absolute atomic E-state index is 8.51. The van der Waals surface area contributed by atoms with Crippen molar-refractivity contribution in [2.75, 3.05) is 55.3 Å². The Hall–Kier alpha value is -2.71. The highest BCUT2D eigenvalue weighted by molar-refractivity contribution is 6.03. The molecule has 168 valence electrons. The van der Waals surface area contributed by atoms with Gasteiger partial charge in [0.25, 0.3) is 0 Å². The third-order valence-electron chi connectivity index (χ3n) is 5.34. The van der Waals surface area contributed by atoms with E-state index in [2.05, 4.69) is 21.3 Å². The van der Waals surface area contributed by atoms with Gasteiger partial charge < -0.3 is 31.4 Å². The Bertz CT molecular complexity index is 822. The molecule has 0 saturated carbocycles. The number of hydrogen-bond acceptors (Lipinski definition) is 8. The molecule has 0 radical (unpaired) electrons. The molecule has 2 aromatic rings. The quantitative estimate of drug-likeness (QED) is 0.260. The standard InChI is InChI=1S/C23H35N7O/c1-3-19(24)20-21(26-14-15-31-4-2)22(28-18-8-6-5-7-9-18)30-23(29-20)27-16-17-10-12-25-13-11-17/h5-9,17,24-26H,3-4,10-16H2,1-2H3,(H2,27,28,29,30). The molecule has 1 aromatic heterocycles. The summed E-state index contributed by atoms with van der Waals surface area (Å²) in [5.41, 5.74) is 2.78. The first-order valence-electron chi connectivity index (χ1n) is 11.3. The number of nitrogens with zero attached hydrogens (tertiary/aromatic N) is 2. The van der Waals surface area contributed by atoms with Gasteiger partial charge in [-0.1, -0.05) is 25.1 Å². The van der Waals surface area contributed by atoms with Gasteiger partial charge >= 0.3 is 0 Å². The lowest BCUT2D eigenvalue weighted by molar-refractivity contribution is 0.158. The minimum atomic E-state index is 0.474. The molecule has 1 aliphatic rings. The van der Waals surface area contributed by atoms with Gasteiger partial charge in [-0.15, -0.1) is 0 Å². The van der Waals surface area contributed by atoms with Crippen molar-refractivity contribution >= 4 is 28.9 Å². The number of piperidine rings is 1. The number of benzene rings is 1. The summed E-state index contributed by atoms with van der Waals surface area (Å²) in [6, 6.07) is 9.95. The van der Waals surface area contributed by atoms with Gasteiger partial charge in [-0.3, -0.25) is 0 Å². The van der Waals surface area contributed by atoms with Crippen LogP contribution in [0.15, 0.2) is 30.3 Å². The van der Waals surface area contributed by atoms with Crippen molar-refractivity contribution in [2.45, 2.75) is 33.1 Å². The molecular formula is C23H35N7O. The minimum Gasteiger partial charge on any atom is -0.380 e. The molecule has 1 saturated heterocycles. The van der Waals surface area contributed by atoms with Crippen molar-refractivity contribution < 1.29 is 4.74 Å². The van der Waals surface area contributed by atoms with E-state index in [1.54, 1.807) is 0 Å². The highest BCUT2D eigenvalue weighted by Gasteiger charge is 2.19. The van der Waals surface area contributed by atoms with Crippen LogP contribution in [-0.2, 0) is 4.74 Å². The first-order chi connectivity index (χ1) is 15.2. The van der Waals surface area contributed by atoms with E-state index in [9.17, 15) is 0 Å². The van der Waals surface area contributed by atoms with Crippen molar-refractivity contribution in [3.8, 4) is 0 Å². The summed E-state index contributed by atoms with van der Waals surface area (Å²) < 4.78 is 5.47. The zero-order valence-corrected chi connectivity index (χ0v) is 18.6. The van der Waals surface area contributed by atoms with E-state index in [4.69, 9.17) is 20.1 Å². The molecule has 0 amide bonds. The number of ether oxygens (including phenoxy) is 1. The van der Waals surface area contributed by atoms with E-state index in [0.717, 1.165) is 43.9 Å². The Labute approximate surface area is 185 Å². The van der Waals surface area contributed by atoms with Gasteiger partial charge in [0.2, 0.25) is 5.95 Å². The van der Waals surface area contributed by atoms with Gasteiger partial charge in [0.05, 0.1) is 12.3 Å². The van der Waals surface area contributed by atoms with Crippen LogP contribution < -0.4 is 21.3 Å². The highest BCUT2D eigenvalue weighted by Crippen LogP contribution is 2.29. The number of aromatic nitrogens is 2. The summed E-state index contributed by atoms with van der Waals surface area (Å²) in [6.07, 6.45) is 2.89. The van der Waals surface area contributed by atoms with Crippen LogP contribution in [0, 0.1) is 11.3 Å². The molecular weight excluding hydrogens is 390 g/mol. The van der Waals surface area contributed by atoms with Gasteiger partial charge in [-0.25, -0.2) is 4.98 Å². The molecule has 0 aliphatic carbocycles. The lowest BCUT2D eigenvalue weighted by Crippen LogP contribution is -2.31. The van der Waals surface area contributed by atoms with E-state index in [-0.39, 0.29) is 0 Å². The summed E-state index contributed by atoms with van der Waals surface area (Å²) in [5.74, 6) is 1.83. The van der Waals surface area contributed by atoms with Crippen molar-refractivity contribution in [1.82, 2.24) is 15.3 Å². The fourth-order valence-corrected chi connectivity index (χ4v) is 3.56. The molecule has 31 heavy (non-hydrogen) atoms. The molecule has 8 nitrogen and oxygen atoms in total. The molecule has 0 unspecified atom stereocenters. The van der Waals surface area contributed by atoms with Gasteiger partial charge in [0.15, 0.2) is 5.82 Å². The Morgan fingerprint density at radius 3 is 2.61 bits per heavy atom.